The molecule has 0 aliphatic carbocycles. The Morgan fingerprint density at radius 3 is 2.64 bits per heavy atom. The summed E-state index contributed by atoms with van der Waals surface area (Å²) in [5.41, 5.74) is 5.19. The van der Waals surface area contributed by atoms with Crippen molar-refractivity contribution in [3.63, 3.8) is 0 Å². The molecule has 0 aliphatic rings. The van der Waals surface area contributed by atoms with Gasteiger partial charge in [-0.05, 0) is 27.2 Å². The SMILES string of the molecule is C=CC[C@@H](N)CNC(=O)OC(C)(C)C. The van der Waals surface area contributed by atoms with Crippen LogP contribution in [0.4, 0.5) is 4.79 Å². The topological polar surface area (TPSA) is 64.3 Å². The molecule has 0 fully saturated rings. The van der Waals surface area contributed by atoms with Crippen molar-refractivity contribution in [2.45, 2.75) is 38.8 Å². The molecule has 0 spiro atoms. The summed E-state index contributed by atoms with van der Waals surface area (Å²) in [4.78, 5) is 11.2. The van der Waals surface area contributed by atoms with Gasteiger partial charge in [-0.15, -0.1) is 6.58 Å². The third-order valence-corrected chi connectivity index (χ3v) is 1.38. The molecule has 4 nitrogen and oxygen atoms in total. The second-order valence-electron chi connectivity index (χ2n) is 4.17. The molecule has 0 bridgehead atoms. The smallest absolute Gasteiger partial charge is 0.407 e. The Kier molecular flexibility index (Phi) is 5.23. The van der Waals surface area contributed by atoms with Crippen LogP contribution in [0.15, 0.2) is 12.7 Å². The molecule has 3 N–H and O–H groups in total. The first-order valence-corrected chi connectivity index (χ1v) is 4.68. The van der Waals surface area contributed by atoms with Crippen molar-refractivity contribution in [1.29, 1.82) is 0 Å². The van der Waals surface area contributed by atoms with Crippen LogP contribution in [0.25, 0.3) is 0 Å². The lowest BCUT2D eigenvalue weighted by Gasteiger charge is -2.20. The van der Waals surface area contributed by atoms with Crippen molar-refractivity contribution in [2.75, 3.05) is 6.54 Å². The van der Waals surface area contributed by atoms with Crippen LogP contribution >= 0.6 is 0 Å². The van der Waals surface area contributed by atoms with Crippen molar-refractivity contribution >= 4 is 6.09 Å². The maximum absolute atomic E-state index is 11.2. The van der Waals surface area contributed by atoms with E-state index >= 15 is 0 Å². The molecular formula is C10H20N2O2. The zero-order valence-electron chi connectivity index (χ0n) is 9.17. The monoisotopic (exact) mass is 200 g/mol. The Labute approximate surface area is 85.5 Å². The van der Waals surface area contributed by atoms with E-state index < -0.39 is 11.7 Å². The first-order valence-electron chi connectivity index (χ1n) is 4.68. The van der Waals surface area contributed by atoms with E-state index in [0.29, 0.717) is 13.0 Å². The van der Waals surface area contributed by atoms with Crippen molar-refractivity contribution in [3.8, 4) is 0 Å². The molecule has 4 heteroatoms. The van der Waals surface area contributed by atoms with E-state index in [1.165, 1.54) is 0 Å². The van der Waals surface area contributed by atoms with Crippen molar-refractivity contribution < 1.29 is 9.53 Å². The molecule has 0 radical (unpaired) electrons. The summed E-state index contributed by atoms with van der Waals surface area (Å²) in [6, 6.07) is -0.0972. The fourth-order valence-corrected chi connectivity index (χ4v) is 0.826. The Hall–Kier alpha value is -1.03. The van der Waals surface area contributed by atoms with Gasteiger partial charge in [0.2, 0.25) is 0 Å². The van der Waals surface area contributed by atoms with E-state index in [0.717, 1.165) is 0 Å². The van der Waals surface area contributed by atoms with Crippen LogP contribution in [0.2, 0.25) is 0 Å². The van der Waals surface area contributed by atoms with Crippen molar-refractivity contribution in [3.05, 3.63) is 12.7 Å². The van der Waals surface area contributed by atoms with Crippen molar-refractivity contribution in [2.24, 2.45) is 5.73 Å². The van der Waals surface area contributed by atoms with Gasteiger partial charge in [0, 0.05) is 12.6 Å². The number of hydrogen-bond donors (Lipinski definition) is 2. The van der Waals surface area contributed by atoms with Gasteiger partial charge in [0.25, 0.3) is 0 Å². The van der Waals surface area contributed by atoms with Gasteiger partial charge in [0.05, 0.1) is 0 Å². The van der Waals surface area contributed by atoms with Crippen molar-refractivity contribution in [1.82, 2.24) is 5.32 Å². The molecule has 14 heavy (non-hydrogen) atoms. The van der Waals surface area contributed by atoms with Gasteiger partial charge in [-0.3, -0.25) is 0 Å². The maximum Gasteiger partial charge on any atom is 0.407 e. The minimum absolute atomic E-state index is 0.0972. The molecule has 0 aromatic heterocycles. The summed E-state index contributed by atoms with van der Waals surface area (Å²) in [6.45, 7) is 9.41. The van der Waals surface area contributed by atoms with Crippen LogP contribution in [-0.4, -0.2) is 24.3 Å². The number of carbonyl (C=O) groups is 1. The van der Waals surface area contributed by atoms with Gasteiger partial charge in [-0.25, -0.2) is 4.79 Å². The molecular weight excluding hydrogens is 180 g/mol. The Morgan fingerprint density at radius 2 is 2.21 bits per heavy atom. The second kappa shape index (κ2) is 5.65. The highest BCUT2D eigenvalue weighted by Crippen LogP contribution is 2.06. The van der Waals surface area contributed by atoms with Crippen LogP contribution in [0.5, 0.6) is 0 Å². The zero-order chi connectivity index (χ0) is 11.2. The number of alkyl carbamates (subject to hydrolysis) is 1. The summed E-state index contributed by atoms with van der Waals surface area (Å²) in [7, 11) is 0. The number of amides is 1. The highest BCUT2D eigenvalue weighted by molar-refractivity contribution is 5.67. The van der Waals surface area contributed by atoms with Crippen LogP contribution in [0.3, 0.4) is 0 Å². The summed E-state index contributed by atoms with van der Waals surface area (Å²) in [5.74, 6) is 0. The third-order valence-electron chi connectivity index (χ3n) is 1.38. The third kappa shape index (κ3) is 7.61. The number of carbonyl (C=O) groups excluding carboxylic acids is 1. The normalized spacial score (nSPS) is 13.1. The maximum atomic E-state index is 11.2. The molecule has 0 aliphatic heterocycles. The number of nitrogens with one attached hydrogen (secondary N) is 1. The van der Waals surface area contributed by atoms with E-state index in [1.54, 1.807) is 6.08 Å². The first kappa shape index (κ1) is 13.0. The molecule has 1 amide bonds. The number of nitrogens with two attached hydrogens (primary N) is 1. The van der Waals surface area contributed by atoms with Crippen LogP contribution in [0, 0.1) is 0 Å². The van der Waals surface area contributed by atoms with E-state index in [1.807, 2.05) is 20.8 Å². The summed E-state index contributed by atoms with van der Waals surface area (Å²) in [6.07, 6.45) is 1.97. The minimum atomic E-state index is -0.466. The van der Waals surface area contributed by atoms with Crippen LogP contribution in [0.1, 0.15) is 27.2 Å². The average Bonchev–Trinajstić information content (AvgIpc) is 1.98. The van der Waals surface area contributed by atoms with Gasteiger partial charge in [0.15, 0.2) is 0 Å². The zero-order valence-corrected chi connectivity index (χ0v) is 9.17. The molecule has 82 valence electrons. The predicted octanol–water partition coefficient (Wildman–Crippen LogP) is 1.41. The molecule has 0 unspecified atom stereocenters. The van der Waals surface area contributed by atoms with Crippen LogP contribution in [-0.2, 0) is 4.74 Å². The number of rotatable bonds is 4. The quantitative estimate of drug-likeness (QED) is 0.674. The van der Waals surface area contributed by atoms with E-state index in [2.05, 4.69) is 11.9 Å². The van der Waals surface area contributed by atoms with Crippen LogP contribution < -0.4 is 11.1 Å². The molecule has 0 heterocycles. The van der Waals surface area contributed by atoms with E-state index in [9.17, 15) is 4.79 Å². The predicted molar refractivity (Wildman–Crippen MR) is 57.0 cm³/mol. The fourth-order valence-electron chi connectivity index (χ4n) is 0.826. The largest absolute Gasteiger partial charge is 0.444 e. The summed E-state index contributed by atoms with van der Waals surface area (Å²) >= 11 is 0. The lowest BCUT2D eigenvalue weighted by atomic mass is 10.2. The van der Waals surface area contributed by atoms with E-state index in [4.69, 9.17) is 10.5 Å². The molecule has 1 atom stereocenters. The standard InChI is InChI=1S/C10H20N2O2/c1-5-6-8(11)7-12-9(13)14-10(2,3)4/h5,8H,1,6-7,11H2,2-4H3,(H,12,13)/t8-/m1/s1. The van der Waals surface area contributed by atoms with E-state index in [-0.39, 0.29) is 6.04 Å². The Balaban J connectivity index is 3.69. The Bertz CT molecular complexity index is 197. The molecule has 0 aromatic rings. The fraction of sp³-hybridized carbons (Fsp3) is 0.700. The van der Waals surface area contributed by atoms with Gasteiger partial charge in [-0.2, -0.15) is 0 Å². The first-order chi connectivity index (χ1) is 6.35. The summed E-state index contributed by atoms with van der Waals surface area (Å²) < 4.78 is 5.03. The van der Waals surface area contributed by atoms with Gasteiger partial charge in [0.1, 0.15) is 5.60 Å². The minimum Gasteiger partial charge on any atom is -0.444 e. The van der Waals surface area contributed by atoms with Gasteiger partial charge < -0.3 is 15.8 Å². The van der Waals surface area contributed by atoms with Gasteiger partial charge in [-0.1, -0.05) is 6.08 Å². The van der Waals surface area contributed by atoms with Gasteiger partial charge >= 0.3 is 6.09 Å². The number of hydrogen-bond acceptors (Lipinski definition) is 3. The highest BCUT2D eigenvalue weighted by atomic mass is 16.6. The second-order valence-corrected chi connectivity index (χ2v) is 4.17. The Morgan fingerprint density at radius 1 is 1.64 bits per heavy atom. The number of ether oxygens (including phenoxy) is 1. The lowest BCUT2D eigenvalue weighted by molar-refractivity contribution is 0.0524. The molecule has 0 saturated heterocycles. The lowest BCUT2D eigenvalue weighted by Crippen LogP contribution is -2.39. The average molecular weight is 200 g/mol. The molecule has 0 saturated carbocycles. The molecule has 0 rings (SSSR count). The molecule has 0 aromatic carbocycles. The summed E-state index contributed by atoms with van der Waals surface area (Å²) in [5, 5.41) is 2.59. The highest BCUT2D eigenvalue weighted by Gasteiger charge is 2.16.